The van der Waals surface area contributed by atoms with Gasteiger partial charge in [0.1, 0.15) is 11.2 Å². The summed E-state index contributed by atoms with van der Waals surface area (Å²) in [7, 11) is 1.70. The second-order valence-corrected chi connectivity index (χ2v) is 7.90. The van der Waals surface area contributed by atoms with Crippen molar-refractivity contribution >= 4 is 21.8 Å². The average Bonchev–Trinajstić information content (AvgIpc) is 2.54. The third-order valence-corrected chi connectivity index (χ3v) is 5.90. The molecular formula is C18H22BrN3O3. The lowest BCUT2D eigenvalue weighted by molar-refractivity contribution is -0.132. The summed E-state index contributed by atoms with van der Waals surface area (Å²) in [5.41, 5.74) is -0.899. The minimum absolute atomic E-state index is 0.0326. The van der Waals surface area contributed by atoms with Crippen LogP contribution in [0.2, 0.25) is 0 Å². The van der Waals surface area contributed by atoms with Crippen molar-refractivity contribution in [3.05, 3.63) is 27.1 Å². The Labute approximate surface area is 155 Å². The Balaban J connectivity index is 1.52. The molecule has 2 aliphatic rings. The summed E-state index contributed by atoms with van der Waals surface area (Å²) in [6.07, 6.45) is 7.29. The number of carbonyl (C=O) groups excluding carboxylic acids is 1. The van der Waals surface area contributed by atoms with Crippen molar-refractivity contribution in [3.63, 3.8) is 0 Å². The minimum Gasteiger partial charge on any atom is -0.489 e. The maximum absolute atomic E-state index is 12.3. The molecule has 1 aromatic rings. The summed E-state index contributed by atoms with van der Waals surface area (Å²) in [5.74, 6) is 0.452. The number of hydrogen-bond donors (Lipinski definition) is 1. The Hall–Kier alpha value is -1.81. The molecule has 0 aromatic carbocycles. The lowest BCUT2D eigenvalue weighted by Crippen LogP contribution is -2.49. The van der Waals surface area contributed by atoms with Crippen LogP contribution in [0, 0.1) is 16.7 Å². The molecule has 134 valence electrons. The van der Waals surface area contributed by atoms with Crippen LogP contribution in [0.3, 0.4) is 0 Å². The fourth-order valence-corrected chi connectivity index (χ4v) is 3.93. The maximum Gasteiger partial charge on any atom is 0.254 e. The fourth-order valence-electron chi connectivity index (χ4n) is 3.42. The first-order valence-electron chi connectivity index (χ1n) is 8.68. The molecule has 7 heteroatoms. The van der Waals surface area contributed by atoms with Crippen molar-refractivity contribution in [1.29, 1.82) is 5.26 Å². The van der Waals surface area contributed by atoms with E-state index < -0.39 is 5.41 Å². The topological polar surface area (TPSA) is 84.1 Å². The smallest absolute Gasteiger partial charge is 0.254 e. The Bertz CT molecular complexity index is 756. The number of amides is 1. The van der Waals surface area contributed by atoms with E-state index in [1.165, 1.54) is 10.6 Å². The standard InChI is InChI=1S/C18H22BrN3O3/c1-22-10-14(19)15(9-16(22)23)25-13-5-3-12(4-6-13)21-17(24)18(11-20)7-2-8-18/h9-10,12-13H,2-8H2,1H3,(H,21,24)/t12-,13-. The molecule has 0 radical (unpaired) electrons. The van der Waals surface area contributed by atoms with Crippen LogP contribution in [0.4, 0.5) is 0 Å². The third kappa shape index (κ3) is 3.74. The van der Waals surface area contributed by atoms with E-state index in [4.69, 9.17) is 4.74 Å². The molecule has 25 heavy (non-hydrogen) atoms. The second kappa shape index (κ2) is 7.20. The lowest BCUT2D eigenvalue weighted by atomic mass is 9.69. The number of hydrogen-bond acceptors (Lipinski definition) is 4. The zero-order chi connectivity index (χ0) is 18.0. The van der Waals surface area contributed by atoms with Crippen LogP contribution in [0.1, 0.15) is 44.9 Å². The van der Waals surface area contributed by atoms with Crippen molar-refractivity contribution in [1.82, 2.24) is 9.88 Å². The lowest BCUT2D eigenvalue weighted by Gasteiger charge is -2.36. The van der Waals surface area contributed by atoms with E-state index in [1.807, 2.05) is 0 Å². The van der Waals surface area contributed by atoms with Gasteiger partial charge in [-0.3, -0.25) is 9.59 Å². The predicted octanol–water partition coefficient (Wildman–Crippen LogP) is 2.65. The van der Waals surface area contributed by atoms with Crippen LogP contribution in [-0.4, -0.2) is 22.6 Å². The van der Waals surface area contributed by atoms with E-state index in [1.54, 1.807) is 13.2 Å². The van der Waals surface area contributed by atoms with Crippen molar-refractivity contribution in [3.8, 4) is 11.8 Å². The number of nitrogens with zero attached hydrogens (tertiary/aromatic N) is 2. The molecule has 6 nitrogen and oxygen atoms in total. The van der Waals surface area contributed by atoms with Crippen LogP contribution >= 0.6 is 15.9 Å². The van der Waals surface area contributed by atoms with Gasteiger partial charge in [-0.2, -0.15) is 5.26 Å². The quantitative estimate of drug-likeness (QED) is 0.830. The molecule has 0 spiro atoms. The van der Waals surface area contributed by atoms with Crippen molar-refractivity contribution in [2.24, 2.45) is 12.5 Å². The summed E-state index contributed by atoms with van der Waals surface area (Å²) in [6, 6.07) is 3.78. The monoisotopic (exact) mass is 407 g/mol. The molecule has 0 bridgehead atoms. The average molecular weight is 408 g/mol. The number of halogens is 1. The number of ether oxygens (including phenoxy) is 1. The highest BCUT2D eigenvalue weighted by Gasteiger charge is 2.45. The van der Waals surface area contributed by atoms with E-state index in [0.717, 1.165) is 36.6 Å². The number of nitriles is 1. The van der Waals surface area contributed by atoms with Crippen molar-refractivity contribution < 1.29 is 9.53 Å². The van der Waals surface area contributed by atoms with Crippen LogP contribution < -0.4 is 15.6 Å². The van der Waals surface area contributed by atoms with Gasteiger partial charge in [-0.15, -0.1) is 0 Å². The first-order chi connectivity index (χ1) is 11.9. The van der Waals surface area contributed by atoms with Crippen LogP contribution in [0.5, 0.6) is 5.75 Å². The van der Waals surface area contributed by atoms with Crippen molar-refractivity contribution in [2.45, 2.75) is 57.1 Å². The number of nitrogens with one attached hydrogen (secondary N) is 1. The van der Waals surface area contributed by atoms with Gasteiger partial charge in [0.05, 0.1) is 16.6 Å². The maximum atomic E-state index is 12.3. The second-order valence-electron chi connectivity index (χ2n) is 7.05. The van der Waals surface area contributed by atoms with Gasteiger partial charge < -0.3 is 14.6 Å². The van der Waals surface area contributed by atoms with E-state index in [9.17, 15) is 14.9 Å². The van der Waals surface area contributed by atoms with Gasteiger partial charge in [-0.05, 0) is 60.9 Å². The molecular weight excluding hydrogens is 386 g/mol. The SMILES string of the molecule is Cn1cc(Br)c(O[C@H]2CC[C@H](NC(=O)C3(C#N)CCC3)CC2)cc1=O. The number of pyridine rings is 1. The van der Waals surface area contributed by atoms with Gasteiger partial charge in [-0.25, -0.2) is 0 Å². The van der Waals surface area contributed by atoms with E-state index >= 15 is 0 Å². The summed E-state index contributed by atoms with van der Waals surface area (Å²) in [4.78, 5) is 24.1. The number of aromatic nitrogens is 1. The van der Waals surface area contributed by atoms with Crippen molar-refractivity contribution in [2.75, 3.05) is 0 Å². The summed E-state index contributed by atoms with van der Waals surface area (Å²) in [5, 5.41) is 12.3. The first-order valence-corrected chi connectivity index (χ1v) is 9.48. The number of aryl methyl sites for hydroxylation is 1. The van der Waals surface area contributed by atoms with E-state index in [-0.39, 0.29) is 23.6 Å². The van der Waals surface area contributed by atoms with E-state index in [0.29, 0.717) is 18.6 Å². The molecule has 0 atom stereocenters. The van der Waals surface area contributed by atoms with Gasteiger partial charge in [0, 0.05) is 25.4 Å². The van der Waals surface area contributed by atoms with Crippen LogP contribution in [0.25, 0.3) is 0 Å². The molecule has 3 rings (SSSR count). The van der Waals surface area contributed by atoms with E-state index in [2.05, 4.69) is 27.3 Å². The summed E-state index contributed by atoms with van der Waals surface area (Å²) in [6.45, 7) is 0. The summed E-state index contributed by atoms with van der Waals surface area (Å²) >= 11 is 3.42. The molecule has 2 aliphatic carbocycles. The molecule has 0 aliphatic heterocycles. The Kier molecular flexibility index (Phi) is 5.19. The molecule has 2 fully saturated rings. The molecule has 1 aromatic heterocycles. The Morgan fingerprint density at radius 1 is 1.40 bits per heavy atom. The fraction of sp³-hybridized carbons (Fsp3) is 0.611. The van der Waals surface area contributed by atoms with Crippen LogP contribution in [-0.2, 0) is 11.8 Å². The minimum atomic E-state index is -0.789. The molecule has 1 amide bonds. The zero-order valence-corrected chi connectivity index (χ0v) is 15.8. The molecule has 0 unspecified atom stereocenters. The predicted molar refractivity (Wildman–Crippen MR) is 96.1 cm³/mol. The Morgan fingerprint density at radius 2 is 2.08 bits per heavy atom. The normalized spacial score (nSPS) is 24.7. The van der Waals surface area contributed by atoms with Gasteiger partial charge >= 0.3 is 0 Å². The van der Waals surface area contributed by atoms with Gasteiger partial charge in [0.2, 0.25) is 5.91 Å². The molecule has 1 heterocycles. The molecule has 0 saturated heterocycles. The zero-order valence-electron chi connectivity index (χ0n) is 14.3. The molecule has 2 saturated carbocycles. The first kappa shape index (κ1) is 18.0. The van der Waals surface area contributed by atoms with Gasteiger partial charge in [0.15, 0.2) is 0 Å². The highest BCUT2D eigenvalue weighted by Crippen LogP contribution is 2.40. The summed E-state index contributed by atoms with van der Waals surface area (Å²) < 4.78 is 8.22. The highest BCUT2D eigenvalue weighted by atomic mass is 79.9. The number of rotatable bonds is 4. The highest BCUT2D eigenvalue weighted by molar-refractivity contribution is 9.10. The Morgan fingerprint density at radius 3 is 2.64 bits per heavy atom. The van der Waals surface area contributed by atoms with Crippen LogP contribution in [0.15, 0.2) is 21.5 Å². The molecule has 1 N–H and O–H groups in total. The number of carbonyl (C=O) groups is 1. The van der Waals surface area contributed by atoms with Gasteiger partial charge in [0.25, 0.3) is 5.56 Å². The van der Waals surface area contributed by atoms with Gasteiger partial charge in [-0.1, -0.05) is 0 Å². The third-order valence-electron chi connectivity index (χ3n) is 5.30. The largest absolute Gasteiger partial charge is 0.489 e.